The van der Waals surface area contributed by atoms with Crippen LogP contribution in [0.3, 0.4) is 0 Å². The van der Waals surface area contributed by atoms with E-state index in [1.54, 1.807) is 20.7 Å². The van der Waals surface area contributed by atoms with Gasteiger partial charge in [-0.05, 0) is 78.8 Å². The topological polar surface area (TPSA) is 53.0 Å². The molecule has 144 valence electrons. The summed E-state index contributed by atoms with van der Waals surface area (Å²) in [5.41, 5.74) is 4.36. The van der Waals surface area contributed by atoms with Gasteiger partial charge >= 0.3 is 0 Å². The van der Waals surface area contributed by atoms with Gasteiger partial charge in [0.1, 0.15) is 6.04 Å². The maximum absolute atomic E-state index is 5.64. The molecule has 2 aromatic carbocycles. The lowest BCUT2D eigenvalue weighted by molar-refractivity contribution is -0.933. The van der Waals surface area contributed by atoms with Gasteiger partial charge in [0, 0.05) is 0 Å². The number of rotatable bonds is 5. The van der Waals surface area contributed by atoms with Gasteiger partial charge < -0.3 is 4.90 Å². The van der Waals surface area contributed by atoms with Crippen molar-refractivity contribution in [1.29, 1.82) is 0 Å². The van der Waals surface area contributed by atoms with Gasteiger partial charge in [-0.1, -0.05) is 18.2 Å². The van der Waals surface area contributed by atoms with Crippen molar-refractivity contribution in [3.63, 3.8) is 0 Å². The smallest absolute Gasteiger partial charge is 0.225 e. The molecule has 2 aromatic heterocycles. The van der Waals surface area contributed by atoms with E-state index in [0.717, 1.165) is 16.2 Å². The zero-order chi connectivity index (χ0) is 19.8. The predicted molar refractivity (Wildman–Crippen MR) is 115 cm³/mol. The van der Waals surface area contributed by atoms with Gasteiger partial charge in [0.15, 0.2) is 11.7 Å². The van der Waals surface area contributed by atoms with Crippen molar-refractivity contribution in [3.8, 4) is 5.69 Å². The van der Waals surface area contributed by atoms with Crippen molar-refractivity contribution in [1.82, 2.24) is 24.8 Å². The van der Waals surface area contributed by atoms with E-state index in [-0.39, 0.29) is 6.04 Å². The zero-order valence-corrected chi connectivity index (χ0v) is 18.0. The number of para-hydroxylation sites is 1. The standard InChI is InChI=1S/C20H22N6S2/c1-13-9-14(2)11-16(10-13)26-20(27)25(22-23-26)12-24(4)15(3)19-21-17-7-5-6-8-18(17)28-19/h5-11,15H,12H2,1-4H3/p+1/t15-/m1/s1. The average molecular weight is 412 g/mol. The second-order valence-corrected chi connectivity index (χ2v) is 8.69. The molecular formula is C20H23N6S2+. The summed E-state index contributed by atoms with van der Waals surface area (Å²) < 4.78 is 5.33. The second-order valence-electron chi connectivity index (χ2n) is 7.26. The minimum atomic E-state index is 0.227. The van der Waals surface area contributed by atoms with Crippen LogP contribution in [0.5, 0.6) is 0 Å². The van der Waals surface area contributed by atoms with Crippen LogP contribution in [-0.2, 0) is 6.67 Å². The highest BCUT2D eigenvalue weighted by Crippen LogP contribution is 2.24. The number of thiazole rings is 1. The van der Waals surface area contributed by atoms with Gasteiger partial charge in [-0.15, -0.1) is 11.3 Å². The summed E-state index contributed by atoms with van der Waals surface area (Å²) in [6.45, 7) is 6.95. The fourth-order valence-electron chi connectivity index (χ4n) is 3.27. The Kier molecular flexibility index (Phi) is 5.09. The molecule has 0 amide bonds. The molecule has 4 aromatic rings. The third-order valence-corrected chi connectivity index (χ3v) is 6.51. The molecule has 4 rings (SSSR count). The van der Waals surface area contributed by atoms with Gasteiger partial charge in [0.05, 0.1) is 23.0 Å². The molecule has 0 bridgehead atoms. The van der Waals surface area contributed by atoms with E-state index in [1.807, 2.05) is 6.07 Å². The molecule has 0 aliphatic heterocycles. The van der Waals surface area contributed by atoms with Crippen molar-refractivity contribution >= 4 is 33.8 Å². The van der Waals surface area contributed by atoms with Crippen molar-refractivity contribution in [2.45, 2.75) is 33.5 Å². The van der Waals surface area contributed by atoms with Crippen molar-refractivity contribution in [2.75, 3.05) is 7.05 Å². The van der Waals surface area contributed by atoms with Crippen LogP contribution in [-0.4, -0.2) is 31.8 Å². The third kappa shape index (κ3) is 3.63. The predicted octanol–water partition coefficient (Wildman–Crippen LogP) is 3.26. The summed E-state index contributed by atoms with van der Waals surface area (Å²) >= 11 is 7.39. The number of nitrogens with one attached hydrogen (secondary N) is 1. The van der Waals surface area contributed by atoms with Crippen molar-refractivity contribution in [3.05, 3.63) is 63.4 Å². The highest BCUT2D eigenvalue weighted by Gasteiger charge is 2.21. The van der Waals surface area contributed by atoms with Crippen molar-refractivity contribution in [2.24, 2.45) is 0 Å². The highest BCUT2D eigenvalue weighted by atomic mass is 32.1. The number of hydrogen-bond acceptors (Lipinski definition) is 5. The monoisotopic (exact) mass is 411 g/mol. The Morgan fingerprint density at radius 3 is 2.54 bits per heavy atom. The van der Waals surface area contributed by atoms with Crippen LogP contribution in [0, 0.1) is 18.6 Å². The normalized spacial score (nSPS) is 13.7. The van der Waals surface area contributed by atoms with Gasteiger partial charge in [0.25, 0.3) is 0 Å². The minimum absolute atomic E-state index is 0.227. The van der Waals surface area contributed by atoms with Crippen LogP contribution in [0.2, 0.25) is 0 Å². The number of fused-ring (bicyclic) bond motifs is 1. The number of quaternary nitrogens is 1. The number of aromatic nitrogens is 5. The first kappa shape index (κ1) is 18.9. The number of benzene rings is 2. The first-order valence-corrected chi connectivity index (χ1v) is 10.4. The summed E-state index contributed by atoms with van der Waals surface area (Å²) in [4.78, 5) is 6.04. The lowest BCUT2D eigenvalue weighted by Gasteiger charge is -2.19. The Labute approximate surface area is 173 Å². The molecule has 1 unspecified atom stereocenters. The SMILES string of the molecule is Cc1cc(C)cc(-n2nnn(C[NH+](C)[C@H](C)c3nc4ccccc4s3)c2=S)c1. The molecule has 0 radical (unpaired) electrons. The molecule has 0 aliphatic rings. The molecule has 6 nitrogen and oxygen atoms in total. The van der Waals surface area contributed by atoms with E-state index in [1.165, 1.54) is 20.7 Å². The first-order valence-electron chi connectivity index (χ1n) is 9.21. The Bertz CT molecular complexity index is 1140. The third-order valence-electron chi connectivity index (χ3n) is 4.91. The fraction of sp³-hybridized carbons (Fsp3) is 0.300. The van der Waals surface area contributed by atoms with E-state index >= 15 is 0 Å². The van der Waals surface area contributed by atoms with Crippen LogP contribution >= 0.6 is 23.6 Å². The van der Waals surface area contributed by atoms with Crippen LogP contribution < -0.4 is 4.90 Å². The largest absolute Gasteiger partial charge is 0.311 e. The number of aryl methyl sites for hydroxylation is 2. The zero-order valence-electron chi connectivity index (χ0n) is 16.4. The highest BCUT2D eigenvalue weighted by molar-refractivity contribution is 7.71. The Morgan fingerprint density at radius 2 is 1.82 bits per heavy atom. The van der Waals surface area contributed by atoms with Crippen LogP contribution in [0.25, 0.3) is 15.9 Å². The van der Waals surface area contributed by atoms with Gasteiger partial charge in [0.2, 0.25) is 4.77 Å². The van der Waals surface area contributed by atoms with Gasteiger partial charge in [-0.2, -0.15) is 9.36 Å². The molecule has 2 heterocycles. The second kappa shape index (κ2) is 7.54. The van der Waals surface area contributed by atoms with E-state index in [4.69, 9.17) is 17.2 Å². The summed E-state index contributed by atoms with van der Waals surface area (Å²) in [5, 5.41) is 9.70. The summed E-state index contributed by atoms with van der Waals surface area (Å²) in [6, 6.07) is 14.8. The minimum Gasteiger partial charge on any atom is -0.311 e. The summed E-state index contributed by atoms with van der Waals surface area (Å²) in [5.74, 6) is 0. The Balaban J connectivity index is 1.57. The first-order chi connectivity index (χ1) is 13.4. The lowest BCUT2D eigenvalue weighted by Crippen LogP contribution is -3.08. The van der Waals surface area contributed by atoms with E-state index < -0.39 is 0 Å². The molecule has 0 spiro atoms. The van der Waals surface area contributed by atoms with Crippen LogP contribution in [0.1, 0.15) is 29.1 Å². The molecule has 0 aliphatic carbocycles. The molecule has 28 heavy (non-hydrogen) atoms. The van der Waals surface area contributed by atoms with E-state index in [9.17, 15) is 0 Å². The lowest BCUT2D eigenvalue weighted by atomic mass is 10.1. The van der Waals surface area contributed by atoms with Crippen LogP contribution in [0.4, 0.5) is 0 Å². The molecule has 0 saturated heterocycles. The summed E-state index contributed by atoms with van der Waals surface area (Å²) in [6.07, 6.45) is 0. The number of nitrogens with zero attached hydrogens (tertiary/aromatic N) is 5. The Hall–Kier alpha value is -2.42. The van der Waals surface area contributed by atoms with E-state index in [2.05, 4.69) is 74.6 Å². The maximum atomic E-state index is 5.64. The van der Waals surface area contributed by atoms with Crippen LogP contribution in [0.15, 0.2) is 42.5 Å². The summed E-state index contributed by atoms with van der Waals surface area (Å²) in [7, 11) is 2.13. The van der Waals surface area contributed by atoms with E-state index in [0.29, 0.717) is 11.4 Å². The molecule has 0 fully saturated rings. The molecule has 1 N–H and O–H groups in total. The molecule has 0 saturated carbocycles. The fourth-order valence-corrected chi connectivity index (χ4v) is 4.62. The molecular weight excluding hydrogens is 388 g/mol. The quantitative estimate of drug-likeness (QED) is 0.512. The average Bonchev–Trinajstić information content (AvgIpc) is 3.24. The Morgan fingerprint density at radius 1 is 1.11 bits per heavy atom. The maximum Gasteiger partial charge on any atom is 0.225 e. The number of tetrazole rings is 1. The molecule has 2 atom stereocenters. The van der Waals surface area contributed by atoms with Crippen molar-refractivity contribution < 1.29 is 4.90 Å². The molecule has 8 heteroatoms. The van der Waals surface area contributed by atoms with Gasteiger partial charge in [-0.25, -0.2) is 4.98 Å². The number of hydrogen-bond donors (Lipinski definition) is 1. The van der Waals surface area contributed by atoms with Gasteiger partial charge in [-0.3, -0.25) is 0 Å².